The summed E-state index contributed by atoms with van der Waals surface area (Å²) in [7, 11) is 0. The van der Waals surface area contributed by atoms with Gasteiger partial charge in [-0.25, -0.2) is 19.9 Å². The van der Waals surface area contributed by atoms with Gasteiger partial charge in [-0.3, -0.25) is 4.99 Å². The topological polar surface area (TPSA) is 89.4 Å². The van der Waals surface area contributed by atoms with Gasteiger partial charge in [-0.05, 0) is 56.1 Å². The van der Waals surface area contributed by atoms with Crippen molar-refractivity contribution in [1.82, 2.24) is 15.0 Å². The lowest BCUT2D eigenvalue weighted by molar-refractivity contribution is 0.791. The number of fused-ring (bicyclic) bond motifs is 10. The molecule has 6 heteroatoms. The van der Waals surface area contributed by atoms with Gasteiger partial charge in [0, 0.05) is 27.8 Å². The second-order valence-electron chi connectivity index (χ2n) is 15.4. The van der Waals surface area contributed by atoms with E-state index in [0.717, 1.165) is 33.4 Å². The minimum absolute atomic E-state index is 0.416. The Bertz CT molecular complexity index is 3060. The molecule has 11 rings (SSSR count). The Hall–Kier alpha value is -8.09. The summed E-state index contributed by atoms with van der Waals surface area (Å²) in [6.07, 6.45) is 0. The normalized spacial score (nSPS) is 13.4. The molecule has 9 aromatic rings. The quantitative estimate of drug-likeness (QED) is 0.129. The molecule has 0 saturated heterocycles. The predicted octanol–water partition coefficient (Wildman–Crippen LogP) is 11.6. The number of hydrogen-bond donors (Lipinski definition) is 1. The molecule has 6 nitrogen and oxygen atoms in total. The fraction of sp³-hybridized carbons (Fsp3) is 0.0364. The van der Waals surface area contributed by atoms with Crippen molar-refractivity contribution in [3.8, 4) is 56.4 Å². The van der Waals surface area contributed by atoms with Crippen LogP contribution in [0.4, 0.5) is 0 Å². The van der Waals surface area contributed by atoms with Crippen LogP contribution >= 0.6 is 0 Å². The molecule has 0 aliphatic heterocycles. The third-order valence-electron chi connectivity index (χ3n) is 11.9. The molecule has 1 spiro atoms. The summed E-state index contributed by atoms with van der Waals surface area (Å²) in [4.78, 5) is 25.3. The van der Waals surface area contributed by atoms with Crippen LogP contribution in [0.3, 0.4) is 0 Å². The molecule has 1 aromatic heterocycles. The van der Waals surface area contributed by atoms with Crippen molar-refractivity contribution in [1.29, 1.82) is 0 Å². The molecule has 288 valence electrons. The van der Waals surface area contributed by atoms with Crippen molar-refractivity contribution in [3.63, 3.8) is 0 Å². The van der Waals surface area contributed by atoms with Crippen LogP contribution in [-0.2, 0) is 12.0 Å². The number of amidine groups is 2. The van der Waals surface area contributed by atoms with E-state index in [0.29, 0.717) is 35.7 Å². The van der Waals surface area contributed by atoms with E-state index in [4.69, 9.17) is 30.7 Å². The van der Waals surface area contributed by atoms with Gasteiger partial charge in [-0.1, -0.05) is 200 Å². The number of rotatable bonds is 7. The molecular weight excluding hydrogens is 745 g/mol. The van der Waals surface area contributed by atoms with Gasteiger partial charge in [-0.15, -0.1) is 0 Å². The summed E-state index contributed by atoms with van der Waals surface area (Å²) in [5, 5.41) is 0. The smallest absolute Gasteiger partial charge is 0.164 e. The lowest BCUT2D eigenvalue weighted by atomic mass is 9.70. The highest BCUT2D eigenvalue weighted by Crippen LogP contribution is 2.63. The van der Waals surface area contributed by atoms with Gasteiger partial charge in [0.1, 0.15) is 5.84 Å². The third-order valence-corrected chi connectivity index (χ3v) is 11.9. The highest BCUT2D eigenvalue weighted by Gasteiger charge is 2.51. The average Bonchev–Trinajstić information content (AvgIpc) is 3.80. The lowest BCUT2D eigenvalue weighted by Gasteiger charge is -2.31. The Morgan fingerprint density at radius 2 is 0.852 bits per heavy atom. The maximum absolute atomic E-state index is 6.58. The average molecular weight is 783 g/mol. The summed E-state index contributed by atoms with van der Waals surface area (Å²) >= 11 is 0. The van der Waals surface area contributed by atoms with Gasteiger partial charge < -0.3 is 5.73 Å². The molecule has 8 aromatic carbocycles. The molecule has 2 aliphatic rings. The molecule has 1 heterocycles. The number of aromatic nitrogens is 3. The summed E-state index contributed by atoms with van der Waals surface area (Å²) in [5.41, 5.74) is 21.4. The summed E-state index contributed by atoms with van der Waals surface area (Å²) < 4.78 is 0. The number of hydrogen-bond acceptors (Lipinski definition) is 4. The number of aliphatic imine (C=N–C) groups is 2. The number of nitrogens with two attached hydrogens (primary N) is 1. The minimum Gasteiger partial charge on any atom is -0.383 e. The summed E-state index contributed by atoms with van der Waals surface area (Å²) in [6, 6.07) is 71.4. The van der Waals surface area contributed by atoms with Crippen molar-refractivity contribution in [2.45, 2.75) is 12.0 Å². The van der Waals surface area contributed by atoms with Crippen molar-refractivity contribution in [2.75, 3.05) is 0 Å². The van der Waals surface area contributed by atoms with Crippen LogP contribution in [0, 0.1) is 0 Å². The largest absolute Gasteiger partial charge is 0.383 e. The van der Waals surface area contributed by atoms with Crippen LogP contribution in [0.15, 0.2) is 216 Å². The molecule has 2 N–H and O–H groups in total. The van der Waals surface area contributed by atoms with Gasteiger partial charge in [0.25, 0.3) is 0 Å². The molecule has 0 fully saturated rings. The SMILES string of the molecule is NC(=NC(=NCc1ccc2c(c1)C1(c3ccccc3-c3ccccc31)c1cc(-c3nc(-c4ccccc4)nc(-c4ccccc4)n3)ccc1-2)c1ccccc1)c1ccccc1. The van der Waals surface area contributed by atoms with Crippen LogP contribution in [0.1, 0.15) is 38.9 Å². The molecular formula is C55H38N6. The van der Waals surface area contributed by atoms with E-state index in [2.05, 4.69) is 84.9 Å². The maximum Gasteiger partial charge on any atom is 0.164 e. The Morgan fingerprint density at radius 1 is 0.410 bits per heavy atom. The van der Waals surface area contributed by atoms with E-state index in [1.807, 2.05) is 121 Å². The third kappa shape index (κ3) is 6.16. The maximum atomic E-state index is 6.58. The van der Waals surface area contributed by atoms with Crippen LogP contribution < -0.4 is 5.73 Å². The molecule has 0 atom stereocenters. The number of nitrogens with zero attached hydrogens (tertiary/aromatic N) is 5. The fourth-order valence-electron chi connectivity index (χ4n) is 9.09. The second-order valence-corrected chi connectivity index (χ2v) is 15.4. The first-order valence-electron chi connectivity index (χ1n) is 20.5. The summed E-state index contributed by atoms with van der Waals surface area (Å²) in [6.45, 7) is 0.416. The Morgan fingerprint density at radius 3 is 1.43 bits per heavy atom. The van der Waals surface area contributed by atoms with Gasteiger partial charge in [0.15, 0.2) is 23.3 Å². The monoisotopic (exact) mass is 782 g/mol. The first-order chi connectivity index (χ1) is 30.1. The van der Waals surface area contributed by atoms with Gasteiger partial charge >= 0.3 is 0 Å². The fourth-order valence-corrected chi connectivity index (χ4v) is 9.09. The molecule has 0 radical (unpaired) electrons. The molecule has 2 aliphatic carbocycles. The standard InChI is InChI=1S/C55H38N6/c56-50(37-17-5-1-6-18-37)58-51(38-19-7-2-8-20-38)57-35-36-29-31-44-45-32-30-41(54-60-52(39-21-9-3-10-22-39)59-53(61-54)40-23-11-4-12-24-40)34-49(45)55(48(44)33-36)46-27-15-13-25-42(46)43-26-14-16-28-47(43)55/h1-34H,35H2,(H2,56,57,58). The molecule has 0 amide bonds. The van der Waals surface area contributed by atoms with Crippen molar-refractivity contribution in [2.24, 2.45) is 15.7 Å². The van der Waals surface area contributed by atoms with E-state index in [-0.39, 0.29) is 0 Å². The Kier molecular flexibility index (Phi) is 8.82. The van der Waals surface area contributed by atoms with Crippen LogP contribution in [0.2, 0.25) is 0 Å². The van der Waals surface area contributed by atoms with E-state index in [1.54, 1.807) is 0 Å². The first kappa shape index (κ1) is 36.0. The lowest BCUT2D eigenvalue weighted by Crippen LogP contribution is -2.26. The minimum atomic E-state index is -0.594. The highest BCUT2D eigenvalue weighted by molar-refractivity contribution is 6.11. The Labute approximate surface area is 354 Å². The number of benzene rings is 8. The zero-order valence-electron chi connectivity index (χ0n) is 33.2. The van der Waals surface area contributed by atoms with E-state index < -0.39 is 5.41 Å². The van der Waals surface area contributed by atoms with Crippen molar-refractivity contribution in [3.05, 3.63) is 245 Å². The Balaban J connectivity index is 1.09. The van der Waals surface area contributed by atoms with E-state index in [1.165, 1.54) is 44.5 Å². The van der Waals surface area contributed by atoms with Gasteiger partial charge in [0.2, 0.25) is 0 Å². The zero-order chi connectivity index (χ0) is 40.8. The first-order valence-corrected chi connectivity index (χ1v) is 20.5. The van der Waals surface area contributed by atoms with Crippen molar-refractivity contribution >= 4 is 11.7 Å². The molecule has 0 bridgehead atoms. The highest BCUT2D eigenvalue weighted by atomic mass is 15.0. The predicted molar refractivity (Wildman–Crippen MR) is 246 cm³/mol. The van der Waals surface area contributed by atoms with E-state index in [9.17, 15) is 0 Å². The zero-order valence-corrected chi connectivity index (χ0v) is 33.2. The van der Waals surface area contributed by atoms with E-state index >= 15 is 0 Å². The van der Waals surface area contributed by atoms with Crippen LogP contribution in [0.25, 0.3) is 56.4 Å². The van der Waals surface area contributed by atoms with Gasteiger partial charge in [-0.2, -0.15) is 0 Å². The van der Waals surface area contributed by atoms with Gasteiger partial charge in [0.05, 0.1) is 12.0 Å². The second kappa shape index (κ2) is 14.9. The van der Waals surface area contributed by atoms with Crippen molar-refractivity contribution < 1.29 is 0 Å². The molecule has 0 saturated carbocycles. The van der Waals surface area contributed by atoms with Crippen LogP contribution in [0.5, 0.6) is 0 Å². The summed E-state index contributed by atoms with van der Waals surface area (Å²) in [5.74, 6) is 2.90. The molecule has 0 unspecified atom stereocenters. The van der Waals surface area contributed by atoms with Crippen LogP contribution in [-0.4, -0.2) is 26.6 Å². The molecule has 61 heavy (non-hydrogen) atoms.